The standard InChI is InChI=1S/C42H33O3S4.CH4O3S/c1-28(43)31-4-10-34(11-5-31)46-37-16-22-40(23-17-37)49(41-24-18-38(19-25-41)47-35-12-6-32(7-13-35)29(2)44)42-26-20-39(21-27-42)48-36-14-8-33(9-15-36)30(3)45;1-5(2,3)4/h4-27H,1-3H3;1H3,(H,2,3,4)/q+1;/p-1. The molecule has 274 valence electrons. The Morgan fingerprint density at radius 1 is 0.407 bits per heavy atom. The maximum Gasteiger partial charge on any atom is 0.166 e. The first-order valence-corrected chi connectivity index (χ1v) is 22.0. The van der Waals surface area contributed by atoms with E-state index in [-0.39, 0.29) is 28.2 Å². The predicted molar refractivity (Wildman–Crippen MR) is 219 cm³/mol. The molecule has 0 aliphatic carbocycles. The Morgan fingerprint density at radius 2 is 0.574 bits per heavy atom. The van der Waals surface area contributed by atoms with Crippen LogP contribution in [-0.2, 0) is 21.0 Å². The van der Waals surface area contributed by atoms with Crippen molar-refractivity contribution in [3.05, 3.63) is 162 Å². The molecule has 6 aromatic carbocycles. The van der Waals surface area contributed by atoms with E-state index in [1.165, 1.54) is 14.7 Å². The monoisotopic (exact) mass is 808 g/mol. The molecule has 0 fully saturated rings. The summed E-state index contributed by atoms with van der Waals surface area (Å²) in [7, 11) is -4.26. The third-order valence-electron chi connectivity index (χ3n) is 7.67. The van der Waals surface area contributed by atoms with Crippen LogP contribution in [0.2, 0.25) is 0 Å². The van der Waals surface area contributed by atoms with Crippen molar-refractivity contribution < 1.29 is 27.4 Å². The van der Waals surface area contributed by atoms with Gasteiger partial charge in [0.25, 0.3) is 0 Å². The van der Waals surface area contributed by atoms with Crippen LogP contribution in [0.25, 0.3) is 0 Å². The van der Waals surface area contributed by atoms with E-state index in [1.807, 2.05) is 72.8 Å². The van der Waals surface area contributed by atoms with Gasteiger partial charge < -0.3 is 4.55 Å². The largest absolute Gasteiger partial charge is 0.748 e. The van der Waals surface area contributed by atoms with Gasteiger partial charge in [0, 0.05) is 52.3 Å². The molecule has 0 saturated heterocycles. The van der Waals surface area contributed by atoms with E-state index >= 15 is 0 Å². The summed E-state index contributed by atoms with van der Waals surface area (Å²) in [6.07, 6.45) is 0.604. The number of Topliss-reactive ketones (excluding diaryl/α,β-unsaturated/α-hetero) is 3. The second kappa shape index (κ2) is 18.8. The fraction of sp³-hybridized carbons (Fsp3) is 0.0930. The number of ketones is 3. The minimum absolute atomic E-state index is 0.0674. The number of hydrogen-bond donors (Lipinski definition) is 0. The maximum atomic E-state index is 11.7. The molecule has 6 aromatic rings. The lowest BCUT2D eigenvalue weighted by atomic mass is 10.2. The molecule has 11 heteroatoms. The van der Waals surface area contributed by atoms with Crippen molar-refractivity contribution in [2.45, 2.75) is 64.8 Å². The minimum atomic E-state index is -3.92. The zero-order chi connectivity index (χ0) is 38.8. The molecule has 6 nitrogen and oxygen atoms in total. The van der Waals surface area contributed by atoms with Crippen LogP contribution >= 0.6 is 35.3 Å². The predicted octanol–water partition coefficient (Wildman–Crippen LogP) is 11.0. The minimum Gasteiger partial charge on any atom is -0.748 e. The summed E-state index contributed by atoms with van der Waals surface area (Å²) in [5, 5.41) is 0. The maximum absolute atomic E-state index is 11.7. The van der Waals surface area contributed by atoms with Crippen LogP contribution in [-0.4, -0.2) is 36.6 Å². The fourth-order valence-electron chi connectivity index (χ4n) is 5.02. The van der Waals surface area contributed by atoms with Gasteiger partial charge in [0.1, 0.15) is 0 Å². The Morgan fingerprint density at radius 3 is 0.741 bits per heavy atom. The highest BCUT2D eigenvalue weighted by Gasteiger charge is 2.29. The van der Waals surface area contributed by atoms with Crippen LogP contribution in [0.15, 0.2) is 190 Å². The lowest BCUT2D eigenvalue weighted by Gasteiger charge is -2.11. The van der Waals surface area contributed by atoms with Crippen LogP contribution in [0.4, 0.5) is 0 Å². The van der Waals surface area contributed by atoms with Crippen molar-refractivity contribution in [1.82, 2.24) is 0 Å². The Hall–Kier alpha value is -4.36. The van der Waals surface area contributed by atoms with Crippen LogP contribution in [0, 0.1) is 0 Å². The van der Waals surface area contributed by atoms with Crippen LogP contribution in [0.1, 0.15) is 51.8 Å². The molecule has 0 saturated carbocycles. The van der Waals surface area contributed by atoms with Gasteiger partial charge in [-0.1, -0.05) is 71.7 Å². The average molecular weight is 809 g/mol. The van der Waals surface area contributed by atoms with Crippen molar-refractivity contribution >= 4 is 73.6 Å². The Bertz CT molecular complexity index is 2070. The molecule has 0 unspecified atom stereocenters. The summed E-state index contributed by atoms with van der Waals surface area (Å²) in [4.78, 5) is 45.4. The topological polar surface area (TPSA) is 108 Å². The molecule has 0 heterocycles. The molecule has 54 heavy (non-hydrogen) atoms. The average Bonchev–Trinajstić information content (AvgIpc) is 3.14. The fourth-order valence-corrected chi connectivity index (χ4v) is 9.51. The van der Waals surface area contributed by atoms with Gasteiger partial charge in [-0.15, -0.1) is 0 Å². The number of hydrogen-bond acceptors (Lipinski definition) is 9. The van der Waals surface area contributed by atoms with E-state index in [9.17, 15) is 14.4 Å². The summed E-state index contributed by atoms with van der Waals surface area (Å²) >= 11 is 5.04. The second-order valence-electron chi connectivity index (χ2n) is 12.0. The van der Waals surface area contributed by atoms with Gasteiger partial charge in [-0.05, 0) is 130 Å². The van der Waals surface area contributed by atoms with Gasteiger partial charge in [-0.3, -0.25) is 14.4 Å². The van der Waals surface area contributed by atoms with Crippen molar-refractivity contribution in [3.63, 3.8) is 0 Å². The lowest BCUT2D eigenvalue weighted by Crippen LogP contribution is -2.04. The zero-order valence-corrected chi connectivity index (χ0v) is 33.9. The molecule has 0 aliphatic rings. The molecular weight excluding hydrogens is 773 g/mol. The second-order valence-corrected chi connectivity index (χ2v) is 18.8. The third-order valence-corrected chi connectivity index (χ3v) is 12.9. The number of carbonyl (C=O) groups is 3. The van der Waals surface area contributed by atoms with E-state index in [4.69, 9.17) is 13.0 Å². The van der Waals surface area contributed by atoms with E-state index in [0.717, 1.165) is 29.4 Å². The molecule has 0 atom stereocenters. The summed E-state index contributed by atoms with van der Waals surface area (Å²) in [5.41, 5.74) is 2.15. The number of benzene rings is 6. The highest BCUT2D eigenvalue weighted by molar-refractivity contribution is 8.00. The summed E-state index contributed by atoms with van der Waals surface area (Å²) in [5.74, 6) is 0.202. The smallest absolute Gasteiger partial charge is 0.166 e. The Balaban J connectivity index is 0.00000105. The lowest BCUT2D eigenvalue weighted by molar-refractivity contribution is 0.100. The van der Waals surface area contributed by atoms with E-state index < -0.39 is 10.1 Å². The Labute approximate surface area is 332 Å². The number of rotatable bonds is 12. The molecule has 0 amide bonds. The third kappa shape index (κ3) is 12.3. The molecule has 6 rings (SSSR count). The van der Waals surface area contributed by atoms with Crippen molar-refractivity contribution in [2.24, 2.45) is 0 Å². The zero-order valence-electron chi connectivity index (χ0n) is 29.8. The summed E-state index contributed by atoms with van der Waals surface area (Å²) in [6, 6.07) is 49.5. The van der Waals surface area contributed by atoms with E-state index in [1.54, 1.807) is 56.1 Å². The van der Waals surface area contributed by atoms with E-state index in [0.29, 0.717) is 22.9 Å². The first-order valence-electron chi connectivity index (χ1n) is 16.5. The van der Waals surface area contributed by atoms with Gasteiger partial charge in [0.05, 0.1) is 21.0 Å². The van der Waals surface area contributed by atoms with Gasteiger partial charge in [0.2, 0.25) is 0 Å². The van der Waals surface area contributed by atoms with Crippen LogP contribution in [0.5, 0.6) is 0 Å². The Kier molecular flexibility index (Phi) is 14.2. The van der Waals surface area contributed by atoms with Gasteiger partial charge in [-0.2, -0.15) is 0 Å². The van der Waals surface area contributed by atoms with Gasteiger partial charge >= 0.3 is 0 Å². The molecule has 0 radical (unpaired) electrons. The highest BCUT2D eigenvalue weighted by atomic mass is 32.2. The summed E-state index contributed by atoms with van der Waals surface area (Å²) in [6.45, 7) is 4.75. The van der Waals surface area contributed by atoms with Crippen LogP contribution in [0.3, 0.4) is 0 Å². The highest BCUT2D eigenvalue weighted by Crippen LogP contribution is 2.37. The van der Waals surface area contributed by atoms with Crippen molar-refractivity contribution in [3.8, 4) is 0 Å². The summed E-state index contributed by atoms with van der Waals surface area (Å²) < 4.78 is 27.2. The number of carbonyl (C=O) groups excluding carboxylic acids is 3. The van der Waals surface area contributed by atoms with Crippen molar-refractivity contribution in [1.29, 1.82) is 0 Å². The molecule has 0 aromatic heterocycles. The molecule has 0 aliphatic heterocycles. The SMILES string of the molecule is CC(=O)c1ccc(Sc2ccc([S+](c3ccc(Sc4ccc(C(C)=O)cc4)cc3)c3ccc(Sc4ccc(C(C)=O)cc4)cc3)cc2)cc1.CS(=O)(=O)[O-]. The first kappa shape index (κ1) is 40.8. The molecular formula is C43H36O6S5. The van der Waals surface area contributed by atoms with Crippen LogP contribution < -0.4 is 0 Å². The molecule has 0 bridgehead atoms. The van der Waals surface area contributed by atoms with E-state index in [2.05, 4.69) is 72.8 Å². The quantitative estimate of drug-likeness (QED) is 0.0678. The van der Waals surface area contributed by atoms with Gasteiger partial charge in [0.15, 0.2) is 32.0 Å². The van der Waals surface area contributed by atoms with Crippen molar-refractivity contribution in [2.75, 3.05) is 6.26 Å². The molecule has 0 N–H and O–H groups in total. The van der Waals surface area contributed by atoms with Gasteiger partial charge in [-0.25, -0.2) is 8.42 Å². The molecule has 0 spiro atoms. The normalized spacial score (nSPS) is 11.1. The first-order chi connectivity index (χ1) is 25.7.